The molecule has 0 spiro atoms. The molecule has 0 N–H and O–H groups in total. The minimum atomic E-state index is 0.379. The first kappa shape index (κ1) is 14.4. The molecule has 1 aromatic heterocycles. The van der Waals surface area contributed by atoms with Gasteiger partial charge in [-0.25, -0.2) is 0 Å². The highest BCUT2D eigenvalue weighted by atomic mass is 16.1. The molecule has 0 unspecified atom stereocenters. The lowest BCUT2D eigenvalue weighted by molar-refractivity contribution is -0.119. The zero-order valence-electron chi connectivity index (χ0n) is 11.8. The monoisotopic (exact) mass is 267 g/mol. The van der Waals surface area contributed by atoms with E-state index in [4.69, 9.17) is 0 Å². The lowest BCUT2D eigenvalue weighted by atomic mass is 10.0. The smallest absolute Gasteiger partial charge is 0.132 e. The lowest BCUT2D eigenvalue weighted by Crippen LogP contribution is -2.00. The maximum absolute atomic E-state index is 11.8. The van der Waals surface area contributed by atoms with Crippen LogP contribution in [0.5, 0.6) is 0 Å². The fourth-order valence-corrected chi connectivity index (χ4v) is 2.30. The fourth-order valence-electron chi connectivity index (χ4n) is 2.30. The number of benzene rings is 1. The van der Waals surface area contributed by atoms with Gasteiger partial charge in [0.05, 0.1) is 0 Å². The second-order valence-corrected chi connectivity index (χ2v) is 5.09. The molecule has 0 bridgehead atoms. The number of Topliss-reactive ketones (excluding diaryl/α,β-unsaturated/α-hetero) is 1. The van der Waals surface area contributed by atoms with Gasteiger partial charge in [0.25, 0.3) is 0 Å². The Hall–Kier alpha value is -1.96. The van der Waals surface area contributed by atoms with E-state index in [0.29, 0.717) is 18.6 Å². The van der Waals surface area contributed by atoms with Gasteiger partial charge in [0.2, 0.25) is 0 Å². The molecule has 104 valence electrons. The van der Waals surface area contributed by atoms with Crippen molar-refractivity contribution in [2.45, 2.75) is 38.5 Å². The number of carbonyl (C=O) groups excluding carboxylic acids is 1. The van der Waals surface area contributed by atoms with Gasteiger partial charge >= 0.3 is 0 Å². The van der Waals surface area contributed by atoms with Crippen LogP contribution < -0.4 is 0 Å². The summed E-state index contributed by atoms with van der Waals surface area (Å²) in [6.45, 7) is 0. The molecule has 1 heterocycles. The average molecular weight is 267 g/mol. The van der Waals surface area contributed by atoms with E-state index in [1.807, 2.05) is 30.5 Å². The van der Waals surface area contributed by atoms with Crippen molar-refractivity contribution in [3.05, 3.63) is 66.0 Å². The van der Waals surface area contributed by atoms with E-state index >= 15 is 0 Å². The van der Waals surface area contributed by atoms with Crippen LogP contribution in [0.1, 0.15) is 36.8 Å². The molecule has 0 aliphatic heterocycles. The molecule has 0 atom stereocenters. The number of aryl methyl sites for hydroxylation is 2. The number of rotatable bonds is 8. The fraction of sp³-hybridized carbons (Fsp3) is 0.333. The SMILES string of the molecule is O=C(CCCc1ccccc1)CCCc1cccnc1. The van der Waals surface area contributed by atoms with Gasteiger partial charge in [-0.15, -0.1) is 0 Å². The van der Waals surface area contributed by atoms with E-state index in [1.54, 1.807) is 6.20 Å². The summed E-state index contributed by atoms with van der Waals surface area (Å²) < 4.78 is 0. The molecule has 0 aliphatic rings. The Morgan fingerprint density at radius 3 is 2.15 bits per heavy atom. The molecule has 0 saturated carbocycles. The van der Waals surface area contributed by atoms with Crippen LogP contribution in [0.4, 0.5) is 0 Å². The summed E-state index contributed by atoms with van der Waals surface area (Å²) in [4.78, 5) is 15.9. The van der Waals surface area contributed by atoms with Crippen LogP contribution in [-0.2, 0) is 17.6 Å². The second kappa shape index (κ2) is 8.26. The van der Waals surface area contributed by atoms with Crippen LogP contribution in [-0.4, -0.2) is 10.8 Å². The van der Waals surface area contributed by atoms with Crippen molar-refractivity contribution in [1.29, 1.82) is 0 Å². The number of hydrogen-bond donors (Lipinski definition) is 0. The maximum Gasteiger partial charge on any atom is 0.132 e. The number of aromatic nitrogens is 1. The average Bonchev–Trinajstić information content (AvgIpc) is 2.49. The van der Waals surface area contributed by atoms with Gasteiger partial charge in [-0.05, 0) is 42.9 Å². The molecule has 0 amide bonds. The van der Waals surface area contributed by atoms with Crippen molar-refractivity contribution in [2.24, 2.45) is 0 Å². The topological polar surface area (TPSA) is 30.0 Å². The Bertz CT molecular complexity index is 460. The van der Waals surface area contributed by atoms with Crippen LogP contribution in [0.15, 0.2) is 54.9 Å². The lowest BCUT2D eigenvalue weighted by Gasteiger charge is -2.02. The Morgan fingerprint density at radius 2 is 1.50 bits per heavy atom. The molecule has 2 heteroatoms. The summed E-state index contributed by atoms with van der Waals surface area (Å²) in [6, 6.07) is 14.4. The third kappa shape index (κ3) is 5.35. The zero-order chi connectivity index (χ0) is 14.0. The van der Waals surface area contributed by atoms with E-state index in [1.165, 1.54) is 11.1 Å². The van der Waals surface area contributed by atoms with Crippen LogP contribution >= 0.6 is 0 Å². The molecule has 0 aliphatic carbocycles. The van der Waals surface area contributed by atoms with Crippen molar-refractivity contribution in [2.75, 3.05) is 0 Å². The predicted octanol–water partition coefficient (Wildman–Crippen LogP) is 4.00. The summed E-state index contributed by atoms with van der Waals surface area (Å²) in [5, 5.41) is 0. The molecule has 0 radical (unpaired) electrons. The summed E-state index contributed by atoms with van der Waals surface area (Å²) in [5.74, 6) is 0.379. The van der Waals surface area contributed by atoms with Gasteiger partial charge in [-0.1, -0.05) is 36.4 Å². The van der Waals surface area contributed by atoms with E-state index in [9.17, 15) is 4.79 Å². The largest absolute Gasteiger partial charge is 0.300 e. The highest BCUT2D eigenvalue weighted by molar-refractivity contribution is 5.78. The maximum atomic E-state index is 11.8. The Balaban J connectivity index is 1.59. The summed E-state index contributed by atoms with van der Waals surface area (Å²) in [6.07, 6.45) is 8.85. The quantitative estimate of drug-likeness (QED) is 0.723. The van der Waals surface area contributed by atoms with Gasteiger partial charge in [0, 0.05) is 25.2 Å². The molecular weight excluding hydrogens is 246 g/mol. The predicted molar refractivity (Wildman–Crippen MR) is 81.6 cm³/mol. The van der Waals surface area contributed by atoms with Crippen molar-refractivity contribution < 1.29 is 4.79 Å². The van der Waals surface area contributed by atoms with E-state index in [-0.39, 0.29) is 0 Å². The van der Waals surface area contributed by atoms with Gasteiger partial charge in [-0.2, -0.15) is 0 Å². The van der Waals surface area contributed by atoms with Crippen LogP contribution in [0.2, 0.25) is 0 Å². The summed E-state index contributed by atoms with van der Waals surface area (Å²) in [7, 11) is 0. The molecule has 2 nitrogen and oxygen atoms in total. The van der Waals surface area contributed by atoms with Crippen LogP contribution in [0, 0.1) is 0 Å². The Morgan fingerprint density at radius 1 is 0.850 bits per heavy atom. The molecule has 0 saturated heterocycles. The van der Waals surface area contributed by atoms with Gasteiger partial charge < -0.3 is 0 Å². The van der Waals surface area contributed by atoms with Crippen molar-refractivity contribution in [1.82, 2.24) is 4.98 Å². The van der Waals surface area contributed by atoms with E-state index < -0.39 is 0 Å². The minimum absolute atomic E-state index is 0.379. The first-order valence-electron chi connectivity index (χ1n) is 7.29. The number of carbonyl (C=O) groups is 1. The molecule has 20 heavy (non-hydrogen) atoms. The van der Waals surface area contributed by atoms with E-state index in [0.717, 1.165) is 25.7 Å². The zero-order valence-corrected chi connectivity index (χ0v) is 11.8. The highest BCUT2D eigenvalue weighted by Gasteiger charge is 2.03. The number of nitrogens with zero attached hydrogens (tertiary/aromatic N) is 1. The third-order valence-corrected chi connectivity index (χ3v) is 3.41. The molecule has 0 fully saturated rings. The summed E-state index contributed by atoms with van der Waals surface area (Å²) >= 11 is 0. The third-order valence-electron chi connectivity index (χ3n) is 3.41. The van der Waals surface area contributed by atoms with Gasteiger partial charge in [-0.3, -0.25) is 9.78 Å². The van der Waals surface area contributed by atoms with Crippen molar-refractivity contribution >= 4 is 5.78 Å². The number of hydrogen-bond acceptors (Lipinski definition) is 2. The first-order valence-corrected chi connectivity index (χ1v) is 7.29. The molecule has 2 aromatic rings. The van der Waals surface area contributed by atoms with Gasteiger partial charge in [0.15, 0.2) is 0 Å². The Kier molecular flexibility index (Phi) is 5.97. The first-order chi connectivity index (χ1) is 9.84. The van der Waals surface area contributed by atoms with Crippen molar-refractivity contribution in [3.63, 3.8) is 0 Å². The molecule has 1 aromatic carbocycles. The normalized spacial score (nSPS) is 10.4. The molecular formula is C18H21NO. The van der Waals surface area contributed by atoms with Gasteiger partial charge in [0.1, 0.15) is 5.78 Å². The van der Waals surface area contributed by atoms with E-state index in [2.05, 4.69) is 23.2 Å². The number of ketones is 1. The standard InChI is InChI=1S/C18H21NO/c20-18(12-4-9-16-7-2-1-3-8-16)13-5-10-17-11-6-14-19-15-17/h1-3,6-8,11,14-15H,4-5,9-10,12-13H2. The summed E-state index contributed by atoms with van der Waals surface area (Å²) in [5.41, 5.74) is 2.53. The van der Waals surface area contributed by atoms with Crippen LogP contribution in [0.25, 0.3) is 0 Å². The minimum Gasteiger partial charge on any atom is -0.300 e. The highest BCUT2D eigenvalue weighted by Crippen LogP contribution is 2.08. The Labute approximate surface area is 120 Å². The second-order valence-electron chi connectivity index (χ2n) is 5.09. The van der Waals surface area contributed by atoms with Crippen molar-refractivity contribution in [3.8, 4) is 0 Å². The molecule has 2 rings (SSSR count). The van der Waals surface area contributed by atoms with Crippen LogP contribution in [0.3, 0.4) is 0 Å². The number of pyridine rings is 1.